The van der Waals surface area contributed by atoms with E-state index in [1.165, 1.54) is 5.56 Å². The number of benzene rings is 1. The van der Waals surface area contributed by atoms with Gasteiger partial charge in [-0.2, -0.15) is 0 Å². The molecule has 0 saturated heterocycles. The molecule has 0 bridgehead atoms. The molecule has 0 aliphatic rings. The van der Waals surface area contributed by atoms with Gasteiger partial charge in [-0.3, -0.25) is 14.4 Å². The number of carboxylic acid groups (broad SMARTS) is 1. The second-order valence-electron chi connectivity index (χ2n) is 6.61. The number of hydrogen-bond donors (Lipinski definition) is 1. The lowest BCUT2D eigenvalue weighted by molar-refractivity contribution is -0.149. The van der Waals surface area contributed by atoms with Gasteiger partial charge in [0, 0.05) is 25.2 Å². The summed E-state index contributed by atoms with van der Waals surface area (Å²) in [6.45, 7) is 2.18. The Bertz CT molecular complexity index is 569. The van der Waals surface area contributed by atoms with Crippen LogP contribution in [0.3, 0.4) is 0 Å². The van der Waals surface area contributed by atoms with Crippen molar-refractivity contribution in [3.63, 3.8) is 0 Å². The van der Waals surface area contributed by atoms with Crippen molar-refractivity contribution in [1.29, 1.82) is 0 Å². The van der Waals surface area contributed by atoms with Crippen molar-refractivity contribution in [2.24, 2.45) is 5.92 Å². The first-order valence-corrected chi connectivity index (χ1v) is 9.58. The molecule has 27 heavy (non-hydrogen) atoms. The smallest absolute Gasteiger partial charge is 0.305 e. The molecule has 0 amide bonds. The Balaban J connectivity index is 2.32. The molecule has 0 aliphatic heterocycles. The summed E-state index contributed by atoms with van der Waals surface area (Å²) >= 11 is 0. The SMILES string of the molecule is CCCC(=O)OCC(CCCC(=O)O)COC(=O)CCCc1ccccc1. The van der Waals surface area contributed by atoms with Crippen LogP contribution in [0.15, 0.2) is 30.3 Å². The highest BCUT2D eigenvalue weighted by atomic mass is 16.5. The molecular formula is C21H30O6. The van der Waals surface area contributed by atoms with E-state index in [0.717, 1.165) is 6.42 Å². The first kappa shape index (κ1) is 22.7. The zero-order valence-electron chi connectivity index (χ0n) is 16.0. The van der Waals surface area contributed by atoms with Crippen LogP contribution in [0.4, 0.5) is 0 Å². The molecule has 0 radical (unpaired) electrons. The number of aliphatic carboxylic acids is 1. The van der Waals surface area contributed by atoms with Crippen molar-refractivity contribution in [3.05, 3.63) is 35.9 Å². The Morgan fingerprint density at radius 3 is 2.15 bits per heavy atom. The third-order valence-electron chi connectivity index (χ3n) is 4.11. The fourth-order valence-electron chi connectivity index (χ4n) is 2.61. The van der Waals surface area contributed by atoms with E-state index in [1.54, 1.807) is 0 Å². The maximum absolute atomic E-state index is 11.9. The van der Waals surface area contributed by atoms with Gasteiger partial charge in [-0.25, -0.2) is 0 Å². The number of carbonyl (C=O) groups is 3. The fourth-order valence-corrected chi connectivity index (χ4v) is 2.61. The van der Waals surface area contributed by atoms with E-state index < -0.39 is 5.97 Å². The van der Waals surface area contributed by atoms with Gasteiger partial charge in [-0.1, -0.05) is 37.3 Å². The topological polar surface area (TPSA) is 89.9 Å². The molecule has 1 N–H and O–H groups in total. The summed E-state index contributed by atoms with van der Waals surface area (Å²) in [6, 6.07) is 9.93. The van der Waals surface area contributed by atoms with Crippen molar-refractivity contribution >= 4 is 17.9 Å². The lowest BCUT2D eigenvalue weighted by Gasteiger charge is -2.17. The predicted octanol–water partition coefficient (Wildman–Crippen LogP) is 3.77. The molecule has 1 unspecified atom stereocenters. The van der Waals surface area contributed by atoms with Crippen LogP contribution < -0.4 is 0 Å². The van der Waals surface area contributed by atoms with Crippen LogP contribution in [0.25, 0.3) is 0 Å². The molecule has 0 saturated carbocycles. The van der Waals surface area contributed by atoms with Gasteiger partial charge in [0.1, 0.15) is 0 Å². The van der Waals surface area contributed by atoms with E-state index >= 15 is 0 Å². The molecule has 1 aromatic carbocycles. The Morgan fingerprint density at radius 1 is 0.926 bits per heavy atom. The lowest BCUT2D eigenvalue weighted by atomic mass is 10.0. The van der Waals surface area contributed by atoms with Gasteiger partial charge in [0.25, 0.3) is 0 Å². The highest BCUT2D eigenvalue weighted by Gasteiger charge is 2.15. The van der Waals surface area contributed by atoms with Gasteiger partial charge in [0.15, 0.2) is 0 Å². The average molecular weight is 378 g/mol. The van der Waals surface area contributed by atoms with Crippen LogP contribution in [0.1, 0.15) is 57.4 Å². The average Bonchev–Trinajstić information content (AvgIpc) is 2.64. The molecule has 6 nitrogen and oxygen atoms in total. The van der Waals surface area contributed by atoms with Crippen LogP contribution in [0, 0.1) is 5.92 Å². The number of hydrogen-bond acceptors (Lipinski definition) is 5. The lowest BCUT2D eigenvalue weighted by Crippen LogP contribution is -2.21. The van der Waals surface area contributed by atoms with Crippen LogP contribution in [0.5, 0.6) is 0 Å². The molecule has 0 aromatic heterocycles. The van der Waals surface area contributed by atoms with Crippen LogP contribution >= 0.6 is 0 Å². The minimum Gasteiger partial charge on any atom is -0.481 e. The molecule has 1 aromatic rings. The maximum atomic E-state index is 11.9. The Hall–Kier alpha value is -2.37. The third-order valence-corrected chi connectivity index (χ3v) is 4.11. The Morgan fingerprint density at radius 2 is 1.56 bits per heavy atom. The van der Waals surface area contributed by atoms with E-state index in [4.69, 9.17) is 14.6 Å². The minimum absolute atomic E-state index is 0.0461. The van der Waals surface area contributed by atoms with Crippen molar-refractivity contribution in [1.82, 2.24) is 0 Å². The summed E-state index contributed by atoms with van der Waals surface area (Å²) in [7, 11) is 0. The molecule has 1 atom stereocenters. The first-order valence-electron chi connectivity index (χ1n) is 9.58. The van der Waals surface area contributed by atoms with Crippen molar-refractivity contribution in [2.75, 3.05) is 13.2 Å². The summed E-state index contributed by atoms with van der Waals surface area (Å²) in [5.74, 6) is -1.61. The number of rotatable bonds is 14. The van der Waals surface area contributed by atoms with Crippen molar-refractivity contribution < 1.29 is 29.0 Å². The second-order valence-corrected chi connectivity index (χ2v) is 6.61. The first-order chi connectivity index (χ1) is 13.0. The third kappa shape index (κ3) is 11.8. The van der Waals surface area contributed by atoms with E-state index in [-0.39, 0.29) is 37.5 Å². The summed E-state index contributed by atoms with van der Waals surface area (Å²) in [4.78, 5) is 34.1. The van der Waals surface area contributed by atoms with Crippen LogP contribution in [-0.2, 0) is 30.3 Å². The van der Waals surface area contributed by atoms with Crippen LogP contribution in [0.2, 0.25) is 0 Å². The van der Waals surface area contributed by atoms with Crippen molar-refractivity contribution in [2.45, 2.75) is 58.3 Å². The van der Waals surface area contributed by atoms with Crippen LogP contribution in [-0.4, -0.2) is 36.2 Å². The quantitative estimate of drug-likeness (QED) is 0.496. The standard InChI is InChI=1S/C21H30O6/c1-2-8-20(24)26-15-18(12-6-13-19(22)23)16-27-21(25)14-7-11-17-9-4-3-5-10-17/h3-5,9-10,18H,2,6-8,11-16H2,1H3,(H,22,23). The molecule has 0 aliphatic carbocycles. The van der Waals surface area contributed by atoms with E-state index in [0.29, 0.717) is 38.5 Å². The van der Waals surface area contributed by atoms with E-state index in [1.807, 2.05) is 37.3 Å². The highest BCUT2D eigenvalue weighted by Crippen LogP contribution is 2.12. The molecule has 0 spiro atoms. The molecular weight excluding hydrogens is 348 g/mol. The molecule has 0 fully saturated rings. The number of carboxylic acids is 1. The number of carbonyl (C=O) groups excluding carboxylic acids is 2. The van der Waals surface area contributed by atoms with E-state index in [2.05, 4.69) is 0 Å². The number of esters is 2. The second kappa shape index (κ2) is 13.8. The van der Waals surface area contributed by atoms with Crippen molar-refractivity contribution in [3.8, 4) is 0 Å². The zero-order chi connectivity index (χ0) is 19.9. The zero-order valence-corrected chi connectivity index (χ0v) is 16.0. The minimum atomic E-state index is -0.866. The largest absolute Gasteiger partial charge is 0.481 e. The molecule has 6 heteroatoms. The molecule has 0 heterocycles. The van der Waals surface area contributed by atoms with Gasteiger partial charge in [-0.15, -0.1) is 0 Å². The summed E-state index contributed by atoms with van der Waals surface area (Å²) < 4.78 is 10.5. The number of aryl methyl sites for hydroxylation is 1. The summed E-state index contributed by atoms with van der Waals surface area (Å²) in [5.41, 5.74) is 1.18. The Labute approximate surface area is 160 Å². The van der Waals surface area contributed by atoms with Gasteiger partial charge >= 0.3 is 17.9 Å². The monoisotopic (exact) mass is 378 g/mol. The summed E-state index contributed by atoms with van der Waals surface area (Å²) in [5, 5.41) is 8.75. The van der Waals surface area contributed by atoms with Gasteiger partial charge in [0.05, 0.1) is 13.2 Å². The van der Waals surface area contributed by atoms with Gasteiger partial charge in [0.2, 0.25) is 0 Å². The molecule has 150 valence electrons. The maximum Gasteiger partial charge on any atom is 0.305 e. The number of ether oxygens (including phenoxy) is 2. The summed E-state index contributed by atoms with van der Waals surface area (Å²) in [6.07, 6.45) is 3.93. The highest BCUT2D eigenvalue weighted by molar-refractivity contribution is 5.69. The van der Waals surface area contributed by atoms with Gasteiger partial charge in [-0.05, 0) is 37.7 Å². The normalized spacial score (nSPS) is 11.6. The Kier molecular flexibility index (Phi) is 11.6. The van der Waals surface area contributed by atoms with E-state index in [9.17, 15) is 14.4 Å². The molecule has 1 rings (SSSR count). The predicted molar refractivity (Wildman–Crippen MR) is 101 cm³/mol. The fraction of sp³-hybridized carbons (Fsp3) is 0.571. The van der Waals surface area contributed by atoms with Gasteiger partial charge < -0.3 is 14.6 Å².